The summed E-state index contributed by atoms with van der Waals surface area (Å²) in [6.07, 6.45) is 0.111. The predicted molar refractivity (Wildman–Crippen MR) is 111 cm³/mol. The van der Waals surface area contributed by atoms with Crippen LogP contribution in [0.15, 0.2) is 0 Å². The van der Waals surface area contributed by atoms with Crippen molar-refractivity contribution < 1.29 is 18.9 Å². The number of ether oxygens (including phenoxy) is 4. The Morgan fingerprint density at radius 1 is 0.704 bits per heavy atom. The summed E-state index contributed by atoms with van der Waals surface area (Å²) in [7, 11) is 0. The van der Waals surface area contributed by atoms with Gasteiger partial charge in [0.1, 0.15) is 0 Å². The molecule has 0 aliphatic heterocycles. The van der Waals surface area contributed by atoms with Gasteiger partial charge in [0.05, 0.1) is 51.8 Å². The van der Waals surface area contributed by atoms with Crippen LogP contribution in [0, 0.1) is 0 Å². The molecular weight excluding hydrogens is 346 g/mol. The lowest BCUT2D eigenvalue weighted by molar-refractivity contribution is -0.0319. The van der Waals surface area contributed by atoms with E-state index in [1.54, 1.807) is 0 Å². The molecule has 0 saturated carbocycles. The van der Waals surface area contributed by atoms with Crippen LogP contribution >= 0.6 is 0 Å². The van der Waals surface area contributed by atoms with E-state index in [4.69, 9.17) is 30.4 Å². The Balaban J connectivity index is 3.99. The number of nitrogens with zero attached hydrogens (tertiary/aromatic N) is 1. The van der Waals surface area contributed by atoms with Crippen LogP contribution in [0.2, 0.25) is 0 Å². The molecule has 4 atom stereocenters. The van der Waals surface area contributed by atoms with Crippen molar-refractivity contribution >= 4 is 0 Å². The van der Waals surface area contributed by atoms with Crippen molar-refractivity contribution in [2.75, 3.05) is 52.7 Å². The van der Waals surface area contributed by atoms with Crippen LogP contribution in [0.3, 0.4) is 0 Å². The van der Waals surface area contributed by atoms with Crippen molar-refractivity contribution in [3.8, 4) is 0 Å². The minimum Gasteiger partial charge on any atom is -0.377 e. The van der Waals surface area contributed by atoms with Gasteiger partial charge in [-0.15, -0.1) is 0 Å². The average Bonchev–Trinajstić information content (AvgIpc) is 2.55. The molecule has 0 aromatic carbocycles. The fourth-order valence-corrected chi connectivity index (χ4v) is 2.36. The fraction of sp³-hybridized carbons (Fsp3) is 1.00. The number of hydrogen-bond donors (Lipinski definition) is 2. The van der Waals surface area contributed by atoms with Gasteiger partial charge in [0.25, 0.3) is 0 Å². The normalized spacial score (nSPS) is 17.1. The Labute approximate surface area is 167 Å². The van der Waals surface area contributed by atoms with E-state index < -0.39 is 0 Å². The van der Waals surface area contributed by atoms with Crippen LogP contribution < -0.4 is 11.5 Å². The van der Waals surface area contributed by atoms with E-state index in [2.05, 4.69) is 25.7 Å². The number of rotatable bonds is 16. The Bertz CT molecular complexity index is 323. The summed E-state index contributed by atoms with van der Waals surface area (Å²) in [5, 5.41) is 0. The first-order valence-electron chi connectivity index (χ1n) is 10.2. The highest BCUT2D eigenvalue weighted by Gasteiger charge is 2.20. The molecule has 0 saturated heterocycles. The van der Waals surface area contributed by atoms with Crippen molar-refractivity contribution in [3.63, 3.8) is 0 Å². The van der Waals surface area contributed by atoms with Gasteiger partial charge in [-0.05, 0) is 48.5 Å². The summed E-state index contributed by atoms with van der Waals surface area (Å²) in [5.41, 5.74) is 11.4. The molecule has 7 nitrogen and oxygen atoms in total. The molecule has 4 unspecified atom stereocenters. The van der Waals surface area contributed by atoms with Gasteiger partial charge in [0.2, 0.25) is 0 Å². The third kappa shape index (κ3) is 16.4. The van der Waals surface area contributed by atoms with Crippen LogP contribution in [0.4, 0.5) is 0 Å². The zero-order valence-corrected chi connectivity index (χ0v) is 18.7. The minimum absolute atomic E-state index is 0.0515. The molecule has 7 heteroatoms. The van der Waals surface area contributed by atoms with Crippen LogP contribution in [0.25, 0.3) is 0 Å². The Morgan fingerprint density at radius 3 is 1.37 bits per heavy atom. The molecule has 0 heterocycles. The second-order valence-corrected chi connectivity index (χ2v) is 8.55. The Hall–Kier alpha value is -0.280. The first-order valence-corrected chi connectivity index (χ1v) is 10.2. The molecule has 0 radical (unpaired) electrons. The molecule has 27 heavy (non-hydrogen) atoms. The van der Waals surface area contributed by atoms with Crippen molar-refractivity contribution in [1.82, 2.24) is 4.90 Å². The van der Waals surface area contributed by atoms with Crippen LogP contribution in [0.1, 0.15) is 48.5 Å². The van der Waals surface area contributed by atoms with Gasteiger partial charge < -0.3 is 30.4 Å². The highest BCUT2D eigenvalue weighted by molar-refractivity contribution is 4.76. The van der Waals surface area contributed by atoms with E-state index in [9.17, 15) is 0 Å². The lowest BCUT2D eigenvalue weighted by atomic mass is 10.1. The maximum Gasteiger partial charge on any atom is 0.0781 e. The third-order valence-electron chi connectivity index (χ3n) is 3.95. The van der Waals surface area contributed by atoms with Gasteiger partial charge in [-0.1, -0.05) is 0 Å². The summed E-state index contributed by atoms with van der Waals surface area (Å²) in [4.78, 5) is 2.37. The Kier molecular flexibility index (Phi) is 14.5. The van der Waals surface area contributed by atoms with Gasteiger partial charge in [0, 0.05) is 30.7 Å². The van der Waals surface area contributed by atoms with Gasteiger partial charge in [-0.3, -0.25) is 4.90 Å². The quantitative estimate of drug-likeness (QED) is 0.386. The standard InChI is InChI=1S/C20H45N3O4/c1-16(21)12-26-18(3)14-24-10-8-23(20(5,6)7)9-11-25-15-19(4)27-13-17(2)22/h16-19H,8-15,21-22H2,1-7H3. The largest absolute Gasteiger partial charge is 0.377 e. The van der Waals surface area contributed by atoms with Crippen molar-refractivity contribution in [3.05, 3.63) is 0 Å². The molecule has 0 fully saturated rings. The minimum atomic E-state index is 0.0515. The van der Waals surface area contributed by atoms with Crippen molar-refractivity contribution in [2.45, 2.75) is 78.3 Å². The smallest absolute Gasteiger partial charge is 0.0781 e. The summed E-state index contributed by atoms with van der Waals surface area (Å²) >= 11 is 0. The molecule has 0 bridgehead atoms. The number of nitrogens with two attached hydrogens (primary N) is 2. The third-order valence-corrected chi connectivity index (χ3v) is 3.95. The maximum absolute atomic E-state index is 5.77. The lowest BCUT2D eigenvalue weighted by Gasteiger charge is -2.35. The predicted octanol–water partition coefficient (Wildman–Crippen LogP) is 1.62. The van der Waals surface area contributed by atoms with Crippen LogP contribution in [-0.4, -0.2) is 87.5 Å². The van der Waals surface area contributed by atoms with Crippen LogP contribution in [-0.2, 0) is 18.9 Å². The lowest BCUT2D eigenvalue weighted by Crippen LogP contribution is -2.45. The van der Waals surface area contributed by atoms with E-state index in [-0.39, 0.29) is 29.8 Å². The van der Waals surface area contributed by atoms with Gasteiger partial charge in [-0.25, -0.2) is 0 Å². The summed E-state index contributed by atoms with van der Waals surface area (Å²) in [5.74, 6) is 0. The molecule has 0 aliphatic carbocycles. The zero-order valence-electron chi connectivity index (χ0n) is 18.7. The van der Waals surface area contributed by atoms with E-state index in [1.165, 1.54) is 0 Å². The molecular formula is C20H45N3O4. The molecule has 0 spiro atoms. The number of hydrogen-bond acceptors (Lipinski definition) is 7. The second kappa shape index (κ2) is 14.7. The zero-order chi connectivity index (χ0) is 20.9. The fourth-order valence-electron chi connectivity index (χ4n) is 2.36. The molecule has 164 valence electrons. The average molecular weight is 392 g/mol. The van der Waals surface area contributed by atoms with Gasteiger partial charge in [0.15, 0.2) is 0 Å². The topological polar surface area (TPSA) is 92.2 Å². The van der Waals surface area contributed by atoms with E-state index in [0.29, 0.717) is 39.6 Å². The summed E-state index contributed by atoms with van der Waals surface area (Å²) in [6, 6.07) is 0.103. The Morgan fingerprint density at radius 2 is 1.07 bits per heavy atom. The van der Waals surface area contributed by atoms with E-state index in [0.717, 1.165) is 13.1 Å². The summed E-state index contributed by atoms with van der Waals surface area (Å²) < 4.78 is 22.8. The SMILES string of the molecule is CC(N)COC(C)COCCN(CCOCC(C)OCC(C)N)C(C)(C)C. The molecule has 0 aromatic heterocycles. The first-order chi connectivity index (χ1) is 12.5. The molecule has 0 amide bonds. The maximum atomic E-state index is 5.77. The summed E-state index contributed by atoms with van der Waals surface area (Å²) in [6.45, 7) is 19.8. The molecule has 0 rings (SSSR count). The second-order valence-electron chi connectivity index (χ2n) is 8.55. The highest BCUT2D eigenvalue weighted by Crippen LogP contribution is 2.12. The molecule has 4 N–H and O–H groups in total. The van der Waals surface area contributed by atoms with Gasteiger partial charge >= 0.3 is 0 Å². The highest BCUT2D eigenvalue weighted by atomic mass is 16.5. The first kappa shape index (κ1) is 26.7. The van der Waals surface area contributed by atoms with Crippen molar-refractivity contribution in [1.29, 1.82) is 0 Å². The molecule has 0 aliphatic rings. The van der Waals surface area contributed by atoms with Crippen LogP contribution in [0.5, 0.6) is 0 Å². The van der Waals surface area contributed by atoms with Crippen molar-refractivity contribution in [2.24, 2.45) is 11.5 Å². The monoisotopic (exact) mass is 391 g/mol. The van der Waals surface area contributed by atoms with E-state index >= 15 is 0 Å². The van der Waals surface area contributed by atoms with E-state index in [1.807, 2.05) is 27.7 Å². The van der Waals surface area contributed by atoms with Gasteiger partial charge in [-0.2, -0.15) is 0 Å². The molecule has 0 aromatic rings.